The first-order chi connectivity index (χ1) is 19.9. The number of benzene rings is 1. The molecule has 222 valence electrons. The van der Waals surface area contributed by atoms with Crippen LogP contribution < -0.4 is 21.8 Å². The number of aryl methyl sites for hydroxylation is 1. The summed E-state index contributed by atoms with van der Waals surface area (Å²) in [5, 5.41) is 11.2. The van der Waals surface area contributed by atoms with Crippen molar-refractivity contribution in [2.75, 3.05) is 10.6 Å². The van der Waals surface area contributed by atoms with Gasteiger partial charge in [-0.2, -0.15) is 18.3 Å². The molecule has 1 fully saturated rings. The lowest BCUT2D eigenvalue weighted by Crippen LogP contribution is -2.27. The lowest BCUT2D eigenvalue weighted by atomic mass is 10.1. The molecule has 15 heteroatoms. The van der Waals surface area contributed by atoms with E-state index in [0.29, 0.717) is 18.2 Å². The van der Waals surface area contributed by atoms with Crippen LogP contribution in [-0.4, -0.2) is 36.8 Å². The van der Waals surface area contributed by atoms with Crippen molar-refractivity contribution in [3.63, 3.8) is 0 Å². The molecule has 0 saturated heterocycles. The van der Waals surface area contributed by atoms with Gasteiger partial charge in [-0.3, -0.25) is 9.59 Å². The minimum atomic E-state index is -4.87. The zero-order chi connectivity index (χ0) is 30.2. The van der Waals surface area contributed by atoms with Crippen molar-refractivity contribution in [2.24, 2.45) is 0 Å². The standard InChI is InChI=1S/C27H25F6N7O2/c1-13(36-20-12-35-39-25(41)21(20)27(31,32)33)3-2-7-40-8-6-14-9-17(19(28)10-16(14)26(40)42)23-34-11-18(22(29)30)24(38-23)37-15-4-5-15/h6,8-13,15,22H,2-5,7H2,1H3,(H,34,37,38)(H2,36,39,41). The highest BCUT2D eigenvalue weighted by Crippen LogP contribution is 2.33. The first kappa shape index (κ1) is 29.1. The van der Waals surface area contributed by atoms with Crippen LogP contribution in [-0.2, 0) is 12.7 Å². The normalized spacial score (nSPS) is 14.4. The average molecular weight is 594 g/mol. The fourth-order valence-corrected chi connectivity index (χ4v) is 4.56. The highest BCUT2D eigenvalue weighted by molar-refractivity contribution is 5.86. The van der Waals surface area contributed by atoms with Crippen molar-refractivity contribution >= 4 is 22.3 Å². The number of nitrogens with one attached hydrogen (secondary N) is 3. The van der Waals surface area contributed by atoms with Crippen molar-refractivity contribution in [3.8, 4) is 11.4 Å². The van der Waals surface area contributed by atoms with Crippen molar-refractivity contribution in [2.45, 2.75) is 63.8 Å². The molecule has 1 aromatic carbocycles. The summed E-state index contributed by atoms with van der Waals surface area (Å²) in [5.41, 5.74) is -4.09. The number of alkyl halides is 5. The number of aromatic amines is 1. The lowest BCUT2D eigenvalue weighted by molar-refractivity contribution is -0.138. The molecule has 0 bridgehead atoms. The molecule has 9 nitrogen and oxygen atoms in total. The van der Waals surface area contributed by atoms with E-state index in [2.05, 4.69) is 25.7 Å². The van der Waals surface area contributed by atoms with Gasteiger partial charge in [0.2, 0.25) is 0 Å². The van der Waals surface area contributed by atoms with Crippen LogP contribution in [0.4, 0.5) is 37.8 Å². The number of anilines is 2. The quantitative estimate of drug-likeness (QED) is 0.208. The molecule has 0 aliphatic heterocycles. The van der Waals surface area contributed by atoms with Gasteiger partial charge in [0.05, 0.1) is 28.4 Å². The van der Waals surface area contributed by atoms with Crippen LogP contribution in [0.3, 0.4) is 0 Å². The Morgan fingerprint density at radius 1 is 1.17 bits per heavy atom. The molecular formula is C27H25F6N7O2. The van der Waals surface area contributed by atoms with Crippen LogP contribution in [0, 0.1) is 5.82 Å². The summed E-state index contributed by atoms with van der Waals surface area (Å²) < 4.78 is 83.2. The molecule has 3 heterocycles. The summed E-state index contributed by atoms with van der Waals surface area (Å²) >= 11 is 0. The minimum Gasteiger partial charge on any atom is -0.381 e. The molecule has 0 spiro atoms. The van der Waals surface area contributed by atoms with Crippen molar-refractivity contribution in [1.82, 2.24) is 24.7 Å². The van der Waals surface area contributed by atoms with Crippen molar-refractivity contribution in [1.29, 1.82) is 0 Å². The summed E-state index contributed by atoms with van der Waals surface area (Å²) in [6.07, 6.45) is -1.97. The van der Waals surface area contributed by atoms with E-state index in [1.165, 1.54) is 16.8 Å². The second-order valence-corrected chi connectivity index (χ2v) is 10.1. The Morgan fingerprint density at radius 3 is 2.62 bits per heavy atom. The van der Waals surface area contributed by atoms with Gasteiger partial charge in [-0.05, 0) is 56.2 Å². The Labute approximate surface area is 234 Å². The number of hydrogen-bond acceptors (Lipinski definition) is 7. The predicted molar refractivity (Wildman–Crippen MR) is 143 cm³/mol. The lowest BCUT2D eigenvalue weighted by Gasteiger charge is -2.18. The van der Waals surface area contributed by atoms with Gasteiger partial charge in [-0.25, -0.2) is 28.2 Å². The largest absolute Gasteiger partial charge is 0.423 e. The van der Waals surface area contributed by atoms with Crippen LogP contribution in [0.1, 0.15) is 50.2 Å². The van der Waals surface area contributed by atoms with E-state index in [0.717, 1.165) is 31.3 Å². The average Bonchev–Trinajstić information content (AvgIpc) is 3.73. The molecule has 0 amide bonds. The van der Waals surface area contributed by atoms with Crippen LogP contribution in [0.5, 0.6) is 0 Å². The van der Waals surface area contributed by atoms with Crippen molar-refractivity contribution < 1.29 is 26.3 Å². The molecule has 1 saturated carbocycles. The third kappa shape index (κ3) is 6.24. The van der Waals surface area contributed by atoms with Crippen LogP contribution >= 0.6 is 0 Å². The Morgan fingerprint density at radius 2 is 1.93 bits per heavy atom. The number of rotatable bonds is 10. The molecular weight excluding hydrogens is 568 g/mol. The maximum atomic E-state index is 15.2. The van der Waals surface area contributed by atoms with Gasteiger partial charge in [0.25, 0.3) is 17.5 Å². The number of pyridine rings is 1. The summed E-state index contributed by atoms with van der Waals surface area (Å²) in [7, 11) is 0. The Bertz CT molecular complexity index is 1730. The van der Waals surface area contributed by atoms with E-state index >= 15 is 4.39 Å². The maximum Gasteiger partial charge on any atom is 0.423 e. The highest BCUT2D eigenvalue weighted by atomic mass is 19.4. The van der Waals surface area contributed by atoms with Gasteiger partial charge in [0.15, 0.2) is 5.82 Å². The summed E-state index contributed by atoms with van der Waals surface area (Å²) in [5.74, 6) is -0.956. The molecule has 0 radical (unpaired) electrons. The first-order valence-corrected chi connectivity index (χ1v) is 13.1. The van der Waals surface area contributed by atoms with E-state index in [1.54, 1.807) is 18.1 Å². The van der Waals surface area contributed by atoms with Gasteiger partial charge < -0.3 is 15.2 Å². The van der Waals surface area contributed by atoms with E-state index in [1.807, 2.05) is 0 Å². The van der Waals surface area contributed by atoms with Gasteiger partial charge in [0, 0.05) is 31.0 Å². The van der Waals surface area contributed by atoms with Gasteiger partial charge in [-0.15, -0.1) is 0 Å². The monoisotopic (exact) mass is 593 g/mol. The third-order valence-electron chi connectivity index (χ3n) is 6.85. The van der Waals surface area contributed by atoms with E-state index in [-0.39, 0.29) is 40.7 Å². The van der Waals surface area contributed by atoms with Gasteiger partial charge >= 0.3 is 6.18 Å². The molecule has 1 aliphatic rings. The molecule has 3 aromatic heterocycles. The van der Waals surface area contributed by atoms with E-state index < -0.39 is 46.8 Å². The fourth-order valence-electron chi connectivity index (χ4n) is 4.56. The van der Waals surface area contributed by atoms with Crippen LogP contribution in [0.25, 0.3) is 22.2 Å². The number of H-pyrrole nitrogens is 1. The minimum absolute atomic E-state index is 0.0287. The smallest absolute Gasteiger partial charge is 0.381 e. The fraction of sp³-hybridized carbons (Fsp3) is 0.370. The highest BCUT2D eigenvalue weighted by Gasteiger charge is 2.37. The summed E-state index contributed by atoms with van der Waals surface area (Å²) in [4.78, 5) is 32.8. The second-order valence-electron chi connectivity index (χ2n) is 10.1. The maximum absolute atomic E-state index is 15.2. The summed E-state index contributed by atoms with van der Waals surface area (Å²) in [6.45, 7) is 1.82. The molecule has 5 rings (SSSR count). The van der Waals surface area contributed by atoms with Crippen LogP contribution in [0.15, 0.2) is 46.4 Å². The zero-order valence-electron chi connectivity index (χ0n) is 22.1. The zero-order valence-corrected chi connectivity index (χ0v) is 22.1. The SMILES string of the molecule is CC(CCCn1ccc2cc(-c3ncc(C(F)F)c(NC4CC4)n3)c(F)cc2c1=O)Nc1cn[nH]c(=O)c1C(F)(F)F. The topological polar surface area (TPSA) is 118 Å². The van der Waals surface area contributed by atoms with Crippen molar-refractivity contribution in [3.05, 3.63) is 74.4 Å². The number of halogens is 6. The molecule has 1 atom stereocenters. The molecule has 3 N–H and O–H groups in total. The predicted octanol–water partition coefficient (Wildman–Crippen LogP) is 5.49. The number of aromatic nitrogens is 5. The van der Waals surface area contributed by atoms with E-state index in [9.17, 15) is 31.5 Å². The van der Waals surface area contributed by atoms with Gasteiger partial charge in [0.1, 0.15) is 17.2 Å². The molecule has 1 aliphatic carbocycles. The number of nitrogens with zero attached hydrogens (tertiary/aromatic N) is 4. The Balaban J connectivity index is 1.31. The third-order valence-corrected chi connectivity index (χ3v) is 6.85. The number of hydrogen-bond donors (Lipinski definition) is 3. The molecule has 4 aromatic rings. The number of fused-ring (bicyclic) bond motifs is 1. The summed E-state index contributed by atoms with van der Waals surface area (Å²) in [6, 6.07) is 3.55. The Kier molecular flexibility index (Phi) is 7.93. The second kappa shape index (κ2) is 11.4. The van der Waals surface area contributed by atoms with Gasteiger partial charge in [-0.1, -0.05) is 0 Å². The Hall–Kier alpha value is -4.43. The van der Waals surface area contributed by atoms with Crippen LogP contribution in [0.2, 0.25) is 0 Å². The first-order valence-electron chi connectivity index (χ1n) is 13.1. The molecule has 1 unspecified atom stereocenters. The molecule has 42 heavy (non-hydrogen) atoms. The van der Waals surface area contributed by atoms with E-state index in [4.69, 9.17) is 0 Å².